The summed E-state index contributed by atoms with van der Waals surface area (Å²) in [5.41, 5.74) is 1.65. The molecule has 7 heteroatoms. The second kappa shape index (κ2) is 9.24. The van der Waals surface area contributed by atoms with Crippen molar-refractivity contribution in [1.82, 2.24) is 5.32 Å². The molecule has 0 spiro atoms. The molecule has 0 aliphatic heterocycles. The number of aliphatic carboxylic acids is 1. The van der Waals surface area contributed by atoms with E-state index >= 15 is 0 Å². The lowest BCUT2D eigenvalue weighted by Gasteiger charge is -2.21. The first kappa shape index (κ1) is 19.8. The third-order valence-electron chi connectivity index (χ3n) is 3.73. The number of carboxylic acid groups (broad SMARTS) is 1. The lowest BCUT2D eigenvalue weighted by atomic mass is 10.0. The number of carbonyl (C=O) groups is 3. The Morgan fingerprint density at radius 1 is 1.19 bits per heavy atom. The zero-order valence-corrected chi connectivity index (χ0v) is 15.4. The second-order valence-electron chi connectivity index (χ2n) is 5.90. The van der Waals surface area contributed by atoms with E-state index in [1.807, 2.05) is 19.1 Å². The average molecular weight is 374 g/mol. The number of carbonyl (C=O) groups excluding carboxylic acids is 3. The minimum atomic E-state index is -1.37. The molecule has 2 aromatic rings. The van der Waals surface area contributed by atoms with E-state index in [9.17, 15) is 19.5 Å². The molecule has 0 bridgehead atoms. The fraction of sp³-hybridized carbons (Fsp3) is 0.316. The highest BCUT2D eigenvalue weighted by Gasteiger charge is 2.22. The molecule has 26 heavy (non-hydrogen) atoms. The molecule has 1 N–H and O–H groups in total. The zero-order valence-electron chi connectivity index (χ0n) is 14.6. The summed E-state index contributed by atoms with van der Waals surface area (Å²) < 4.78 is 5.40. The van der Waals surface area contributed by atoms with Gasteiger partial charge in [-0.05, 0) is 19.1 Å². The van der Waals surface area contributed by atoms with E-state index in [0.29, 0.717) is 11.3 Å². The van der Waals surface area contributed by atoms with Crippen LogP contribution in [0, 0.1) is 6.92 Å². The molecule has 1 amide bonds. The van der Waals surface area contributed by atoms with Gasteiger partial charge in [0, 0.05) is 24.7 Å². The molecule has 1 heterocycles. The standard InChI is InChI=1S/C19H21NO5S/c1-12-5-7-14(8-6-12)16(22)10-18(17-4-3-9-25-17)26-11-15(19(23)24)20-13(2)21/h3-9,15,18H,10-11H2,1-2H3,(H,20,21)(H,23,24)/p-1/t15-,18-/m1/s1. The molecule has 0 unspecified atom stereocenters. The highest BCUT2D eigenvalue weighted by molar-refractivity contribution is 7.99. The van der Waals surface area contributed by atoms with Crippen LogP contribution in [0.5, 0.6) is 0 Å². The first-order valence-electron chi connectivity index (χ1n) is 8.09. The van der Waals surface area contributed by atoms with Gasteiger partial charge in [-0.15, -0.1) is 11.8 Å². The van der Waals surface area contributed by atoms with Gasteiger partial charge in [-0.25, -0.2) is 0 Å². The molecular weight excluding hydrogens is 354 g/mol. The summed E-state index contributed by atoms with van der Waals surface area (Å²) in [5, 5.41) is 13.1. The second-order valence-corrected chi connectivity index (χ2v) is 7.14. The van der Waals surface area contributed by atoms with Gasteiger partial charge < -0.3 is 19.6 Å². The molecule has 0 saturated heterocycles. The van der Waals surface area contributed by atoms with Gasteiger partial charge in [-0.2, -0.15) is 0 Å². The number of aryl methyl sites for hydroxylation is 1. The van der Waals surface area contributed by atoms with Crippen molar-refractivity contribution in [2.45, 2.75) is 31.6 Å². The highest BCUT2D eigenvalue weighted by Crippen LogP contribution is 2.34. The number of hydrogen-bond donors (Lipinski definition) is 1. The van der Waals surface area contributed by atoms with Crippen LogP contribution in [0.2, 0.25) is 0 Å². The highest BCUT2D eigenvalue weighted by atomic mass is 32.2. The molecule has 0 aliphatic rings. The maximum absolute atomic E-state index is 12.6. The van der Waals surface area contributed by atoms with Crippen LogP contribution in [0.3, 0.4) is 0 Å². The maximum Gasteiger partial charge on any atom is 0.217 e. The third kappa shape index (κ3) is 5.77. The molecule has 0 saturated carbocycles. The van der Waals surface area contributed by atoms with E-state index in [2.05, 4.69) is 5.32 Å². The van der Waals surface area contributed by atoms with Crippen molar-refractivity contribution < 1.29 is 23.9 Å². The predicted molar refractivity (Wildman–Crippen MR) is 96.6 cm³/mol. The summed E-state index contributed by atoms with van der Waals surface area (Å²) >= 11 is 1.23. The van der Waals surface area contributed by atoms with Gasteiger partial charge in [0.2, 0.25) is 5.91 Å². The number of hydrogen-bond acceptors (Lipinski definition) is 6. The first-order chi connectivity index (χ1) is 12.4. The normalized spacial score (nSPS) is 13.0. The lowest BCUT2D eigenvalue weighted by Crippen LogP contribution is -2.48. The number of rotatable bonds is 9. The number of thioether (sulfide) groups is 1. The quantitative estimate of drug-likeness (QED) is 0.673. The number of benzene rings is 1. The van der Waals surface area contributed by atoms with Crippen LogP contribution in [0.1, 0.15) is 40.3 Å². The molecular formula is C19H20NO5S-. The fourth-order valence-electron chi connectivity index (χ4n) is 2.37. The van der Waals surface area contributed by atoms with Gasteiger partial charge in [0.15, 0.2) is 5.78 Å². The Morgan fingerprint density at radius 3 is 2.42 bits per heavy atom. The molecule has 0 radical (unpaired) electrons. The van der Waals surface area contributed by atoms with Gasteiger partial charge in [0.05, 0.1) is 23.5 Å². The van der Waals surface area contributed by atoms with Gasteiger partial charge >= 0.3 is 0 Å². The van der Waals surface area contributed by atoms with Crippen LogP contribution in [0.25, 0.3) is 0 Å². The van der Waals surface area contributed by atoms with Crippen molar-refractivity contribution in [2.24, 2.45) is 0 Å². The largest absolute Gasteiger partial charge is 0.548 e. The molecule has 1 aromatic heterocycles. The van der Waals surface area contributed by atoms with Crippen molar-refractivity contribution in [3.63, 3.8) is 0 Å². The number of carboxylic acids is 1. The topological polar surface area (TPSA) is 99.4 Å². The van der Waals surface area contributed by atoms with Crippen LogP contribution < -0.4 is 10.4 Å². The van der Waals surface area contributed by atoms with Crippen LogP contribution in [0.4, 0.5) is 0 Å². The third-order valence-corrected chi connectivity index (χ3v) is 5.06. The fourth-order valence-corrected chi connectivity index (χ4v) is 3.58. The Balaban J connectivity index is 2.09. The first-order valence-corrected chi connectivity index (χ1v) is 9.14. The molecule has 0 fully saturated rings. The van der Waals surface area contributed by atoms with Gasteiger partial charge in [0.25, 0.3) is 0 Å². The molecule has 1 aromatic carbocycles. The molecule has 6 nitrogen and oxygen atoms in total. The lowest BCUT2D eigenvalue weighted by molar-refractivity contribution is -0.307. The summed E-state index contributed by atoms with van der Waals surface area (Å²) in [6.07, 6.45) is 1.66. The van der Waals surface area contributed by atoms with Gasteiger partial charge in [0.1, 0.15) is 5.76 Å². The average Bonchev–Trinajstić information content (AvgIpc) is 3.11. The van der Waals surface area contributed by atoms with Crippen LogP contribution in [0.15, 0.2) is 47.1 Å². The molecule has 2 rings (SSSR count). The minimum Gasteiger partial charge on any atom is -0.548 e. The van der Waals surface area contributed by atoms with E-state index in [1.165, 1.54) is 24.9 Å². The monoisotopic (exact) mass is 374 g/mol. The van der Waals surface area contributed by atoms with E-state index < -0.39 is 17.9 Å². The minimum absolute atomic E-state index is 0.0639. The number of ketones is 1. The Labute approximate surface area is 156 Å². The van der Waals surface area contributed by atoms with E-state index in [1.54, 1.807) is 24.3 Å². The summed E-state index contributed by atoms with van der Waals surface area (Å²) in [5.74, 6) is -1.24. The molecule has 138 valence electrons. The van der Waals surface area contributed by atoms with Crippen LogP contribution in [-0.4, -0.2) is 29.5 Å². The van der Waals surface area contributed by atoms with Gasteiger partial charge in [-0.1, -0.05) is 29.8 Å². The summed E-state index contributed by atoms with van der Waals surface area (Å²) in [4.78, 5) is 34.9. The SMILES string of the molecule is CC(=O)N[C@H](CS[C@H](CC(=O)c1ccc(C)cc1)c1ccco1)C(=O)[O-]. The van der Waals surface area contributed by atoms with E-state index in [-0.39, 0.29) is 23.2 Å². The summed E-state index contributed by atoms with van der Waals surface area (Å²) in [6.45, 7) is 3.18. The summed E-state index contributed by atoms with van der Waals surface area (Å²) in [7, 11) is 0. The van der Waals surface area contributed by atoms with E-state index in [0.717, 1.165) is 5.56 Å². The Kier molecular flexibility index (Phi) is 7.03. The van der Waals surface area contributed by atoms with Crippen LogP contribution >= 0.6 is 11.8 Å². The number of furan rings is 1. The van der Waals surface area contributed by atoms with E-state index in [4.69, 9.17) is 4.42 Å². The number of nitrogens with one attached hydrogen (secondary N) is 1. The summed E-state index contributed by atoms with van der Waals surface area (Å²) in [6, 6.07) is 9.59. The molecule has 0 aliphatic carbocycles. The maximum atomic E-state index is 12.6. The van der Waals surface area contributed by atoms with Crippen molar-refractivity contribution in [3.8, 4) is 0 Å². The predicted octanol–water partition coefficient (Wildman–Crippen LogP) is 1.89. The van der Waals surface area contributed by atoms with Crippen molar-refractivity contribution >= 4 is 29.4 Å². The van der Waals surface area contributed by atoms with Gasteiger partial charge in [-0.3, -0.25) is 9.59 Å². The zero-order chi connectivity index (χ0) is 19.1. The Morgan fingerprint density at radius 2 is 1.88 bits per heavy atom. The smallest absolute Gasteiger partial charge is 0.217 e. The Hall–Kier alpha value is -2.54. The Bertz CT molecular complexity index is 755. The van der Waals surface area contributed by atoms with Crippen molar-refractivity contribution in [3.05, 3.63) is 59.5 Å². The van der Waals surface area contributed by atoms with Crippen molar-refractivity contribution in [2.75, 3.05) is 5.75 Å². The van der Waals surface area contributed by atoms with Crippen LogP contribution in [-0.2, 0) is 9.59 Å². The van der Waals surface area contributed by atoms with Crippen molar-refractivity contribution in [1.29, 1.82) is 0 Å². The number of amides is 1. The molecule has 2 atom stereocenters. The number of Topliss-reactive ketones (excluding diaryl/α,β-unsaturated/α-hetero) is 1.